The molecule has 1 rings (SSSR count). The van der Waals surface area contributed by atoms with Gasteiger partial charge in [0, 0.05) is 18.8 Å². The van der Waals surface area contributed by atoms with E-state index in [2.05, 4.69) is 5.10 Å². The third-order valence-corrected chi connectivity index (χ3v) is 1.96. The molecular formula is C8H13F2N3. The van der Waals surface area contributed by atoms with Crippen LogP contribution >= 0.6 is 0 Å². The molecule has 1 atom stereocenters. The topological polar surface area (TPSA) is 43.8 Å². The Labute approximate surface area is 75.5 Å². The molecule has 5 heteroatoms. The van der Waals surface area contributed by atoms with Gasteiger partial charge in [0.05, 0.1) is 12.6 Å². The monoisotopic (exact) mass is 189 g/mol. The van der Waals surface area contributed by atoms with Crippen molar-refractivity contribution in [2.75, 3.05) is 0 Å². The molecule has 0 unspecified atom stereocenters. The van der Waals surface area contributed by atoms with Gasteiger partial charge in [0.25, 0.3) is 5.92 Å². The predicted molar refractivity (Wildman–Crippen MR) is 45.4 cm³/mol. The van der Waals surface area contributed by atoms with Crippen molar-refractivity contribution in [2.24, 2.45) is 5.73 Å². The molecule has 0 fully saturated rings. The average molecular weight is 189 g/mol. The lowest BCUT2D eigenvalue weighted by molar-refractivity contribution is -0.0340. The van der Waals surface area contributed by atoms with Gasteiger partial charge in [-0.3, -0.25) is 4.68 Å². The van der Waals surface area contributed by atoms with Gasteiger partial charge in [-0.25, -0.2) is 8.78 Å². The first-order valence-electron chi connectivity index (χ1n) is 4.17. The van der Waals surface area contributed by atoms with Crippen molar-refractivity contribution in [1.29, 1.82) is 0 Å². The van der Waals surface area contributed by atoms with E-state index >= 15 is 0 Å². The highest BCUT2D eigenvalue weighted by Crippen LogP contribution is 2.21. The third-order valence-electron chi connectivity index (χ3n) is 1.96. The summed E-state index contributed by atoms with van der Waals surface area (Å²) in [5, 5.41) is 3.81. The molecule has 1 aromatic heterocycles. The second kappa shape index (κ2) is 3.83. The van der Waals surface area contributed by atoms with Crippen LogP contribution in [0.3, 0.4) is 0 Å². The first kappa shape index (κ1) is 10.1. The van der Waals surface area contributed by atoms with Gasteiger partial charge in [-0.15, -0.1) is 0 Å². The van der Waals surface area contributed by atoms with Gasteiger partial charge in [-0.1, -0.05) is 6.92 Å². The van der Waals surface area contributed by atoms with Gasteiger partial charge in [0.1, 0.15) is 0 Å². The zero-order chi connectivity index (χ0) is 9.90. The fourth-order valence-corrected chi connectivity index (χ4v) is 1.01. The van der Waals surface area contributed by atoms with Crippen molar-refractivity contribution in [3.8, 4) is 0 Å². The molecule has 0 aliphatic rings. The first-order chi connectivity index (χ1) is 6.06. The molecule has 0 saturated heterocycles. The lowest BCUT2D eigenvalue weighted by atomic mass is 10.1. The van der Waals surface area contributed by atoms with Crippen LogP contribution in [0.5, 0.6) is 0 Å². The summed E-state index contributed by atoms with van der Waals surface area (Å²) in [4.78, 5) is 0. The molecule has 13 heavy (non-hydrogen) atoms. The number of hydrogen-bond acceptors (Lipinski definition) is 2. The fourth-order valence-electron chi connectivity index (χ4n) is 1.01. The number of rotatable bonds is 4. The normalized spacial score (nSPS) is 14.5. The van der Waals surface area contributed by atoms with E-state index in [0.717, 1.165) is 0 Å². The molecule has 0 amide bonds. The Kier molecular flexibility index (Phi) is 2.98. The highest BCUT2D eigenvalue weighted by molar-refractivity contribution is 4.83. The maximum atomic E-state index is 13.0. The molecular weight excluding hydrogens is 176 g/mol. The molecule has 0 radical (unpaired) electrons. The smallest absolute Gasteiger partial charge is 0.264 e. The highest BCUT2D eigenvalue weighted by Gasteiger charge is 2.34. The minimum Gasteiger partial charge on any atom is -0.321 e. The molecule has 1 aromatic rings. The minimum atomic E-state index is -2.81. The van der Waals surface area contributed by atoms with Crippen molar-refractivity contribution in [3.05, 3.63) is 18.5 Å². The predicted octanol–water partition coefficient (Wildman–Crippen LogP) is 1.26. The Balaban J connectivity index is 2.55. The van der Waals surface area contributed by atoms with Gasteiger partial charge < -0.3 is 5.73 Å². The summed E-state index contributed by atoms with van der Waals surface area (Å²) in [5.74, 6) is -2.81. The molecule has 0 aromatic carbocycles. The van der Waals surface area contributed by atoms with Crippen LogP contribution in [0.1, 0.15) is 13.3 Å². The van der Waals surface area contributed by atoms with E-state index in [0.29, 0.717) is 0 Å². The van der Waals surface area contributed by atoms with Crippen LogP contribution in [0.4, 0.5) is 8.78 Å². The maximum Gasteiger partial charge on any atom is 0.264 e. The number of halogens is 2. The van der Waals surface area contributed by atoms with Crippen molar-refractivity contribution in [3.63, 3.8) is 0 Å². The van der Waals surface area contributed by atoms with E-state index in [4.69, 9.17) is 5.73 Å². The van der Waals surface area contributed by atoms with Crippen LogP contribution in [0.25, 0.3) is 0 Å². The number of alkyl halides is 2. The second-order valence-corrected chi connectivity index (χ2v) is 2.95. The van der Waals surface area contributed by atoms with Crippen LogP contribution in [0.2, 0.25) is 0 Å². The van der Waals surface area contributed by atoms with E-state index in [9.17, 15) is 8.78 Å². The van der Waals surface area contributed by atoms with Crippen LogP contribution in [0, 0.1) is 0 Å². The summed E-state index contributed by atoms with van der Waals surface area (Å²) in [6, 6.07) is 0.508. The Morgan fingerprint density at radius 2 is 2.31 bits per heavy atom. The highest BCUT2D eigenvalue weighted by atomic mass is 19.3. The first-order valence-corrected chi connectivity index (χ1v) is 4.17. The van der Waals surface area contributed by atoms with Gasteiger partial charge in [0.2, 0.25) is 0 Å². The van der Waals surface area contributed by atoms with Crippen LogP contribution < -0.4 is 5.73 Å². The van der Waals surface area contributed by atoms with Crippen molar-refractivity contribution in [1.82, 2.24) is 9.78 Å². The molecule has 2 N–H and O–H groups in total. The van der Waals surface area contributed by atoms with E-state index in [1.54, 1.807) is 12.3 Å². The van der Waals surface area contributed by atoms with E-state index in [1.807, 2.05) is 0 Å². The summed E-state index contributed by atoms with van der Waals surface area (Å²) >= 11 is 0. The Hall–Kier alpha value is -0.970. The SMILES string of the molecule is CCC(F)(F)[C@H](N)Cn1cccn1. The quantitative estimate of drug-likeness (QED) is 0.774. The lowest BCUT2D eigenvalue weighted by Gasteiger charge is -2.21. The molecule has 0 bridgehead atoms. The van der Waals surface area contributed by atoms with Crippen molar-refractivity contribution in [2.45, 2.75) is 31.9 Å². The van der Waals surface area contributed by atoms with Gasteiger partial charge in [-0.2, -0.15) is 5.10 Å². The molecule has 0 aliphatic carbocycles. The van der Waals surface area contributed by atoms with Gasteiger partial charge in [0.15, 0.2) is 0 Å². The Bertz CT molecular complexity index is 246. The molecule has 3 nitrogen and oxygen atoms in total. The number of aromatic nitrogens is 2. The van der Waals surface area contributed by atoms with Gasteiger partial charge in [-0.05, 0) is 6.07 Å². The van der Waals surface area contributed by atoms with E-state index in [1.165, 1.54) is 17.8 Å². The van der Waals surface area contributed by atoms with Crippen LogP contribution in [0.15, 0.2) is 18.5 Å². The molecule has 1 heterocycles. The summed E-state index contributed by atoms with van der Waals surface area (Å²) in [7, 11) is 0. The fraction of sp³-hybridized carbons (Fsp3) is 0.625. The summed E-state index contributed by atoms with van der Waals surface area (Å²) in [5.41, 5.74) is 5.34. The number of nitrogens with two attached hydrogens (primary N) is 1. The number of hydrogen-bond donors (Lipinski definition) is 1. The number of nitrogens with zero attached hydrogens (tertiary/aromatic N) is 2. The van der Waals surface area contributed by atoms with Crippen molar-refractivity contribution < 1.29 is 8.78 Å². The Morgan fingerprint density at radius 3 is 2.77 bits per heavy atom. The average Bonchev–Trinajstić information content (AvgIpc) is 2.57. The third kappa shape index (κ3) is 2.48. The maximum absolute atomic E-state index is 13.0. The molecule has 0 spiro atoms. The molecule has 0 saturated carbocycles. The van der Waals surface area contributed by atoms with Gasteiger partial charge >= 0.3 is 0 Å². The standard InChI is InChI=1S/C8H13F2N3/c1-2-8(9,10)7(11)6-13-5-3-4-12-13/h3-5,7H,2,6,11H2,1H3/t7-/m1/s1. The molecule has 0 aliphatic heterocycles. The Morgan fingerprint density at radius 1 is 1.62 bits per heavy atom. The zero-order valence-electron chi connectivity index (χ0n) is 7.45. The van der Waals surface area contributed by atoms with E-state index in [-0.39, 0.29) is 13.0 Å². The van der Waals surface area contributed by atoms with Crippen LogP contribution in [-0.2, 0) is 6.54 Å². The zero-order valence-corrected chi connectivity index (χ0v) is 7.45. The largest absolute Gasteiger partial charge is 0.321 e. The summed E-state index contributed by atoms with van der Waals surface area (Å²) < 4.78 is 27.4. The summed E-state index contributed by atoms with van der Waals surface area (Å²) in [6.07, 6.45) is 2.91. The van der Waals surface area contributed by atoms with Crippen molar-refractivity contribution >= 4 is 0 Å². The van der Waals surface area contributed by atoms with E-state index < -0.39 is 12.0 Å². The molecule has 74 valence electrons. The second-order valence-electron chi connectivity index (χ2n) is 2.95. The summed E-state index contributed by atoms with van der Waals surface area (Å²) in [6.45, 7) is 1.47. The lowest BCUT2D eigenvalue weighted by Crippen LogP contribution is -2.43. The minimum absolute atomic E-state index is 0.0494. The van der Waals surface area contributed by atoms with Crippen LogP contribution in [-0.4, -0.2) is 21.7 Å².